The van der Waals surface area contributed by atoms with Gasteiger partial charge in [-0.2, -0.15) is 0 Å². The minimum atomic E-state index is -1.61. The molecule has 2 atom stereocenters. The van der Waals surface area contributed by atoms with Crippen LogP contribution in [-0.4, -0.2) is 40.8 Å². The van der Waals surface area contributed by atoms with Crippen LogP contribution in [0.5, 0.6) is 0 Å². The molecule has 6 nitrogen and oxygen atoms in total. The van der Waals surface area contributed by atoms with E-state index in [1.54, 1.807) is 0 Å². The Labute approximate surface area is 104 Å². The normalized spacial score (nSPS) is 13.7. The van der Waals surface area contributed by atoms with Gasteiger partial charge in [-0.25, -0.2) is 4.79 Å². The fourth-order valence-corrected chi connectivity index (χ4v) is 1.38. The van der Waals surface area contributed by atoms with Crippen LogP contribution in [0, 0.1) is 0 Å². The lowest BCUT2D eigenvalue weighted by Crippen LogP contribution is -2.45. The van der Waals surface area contributed by atoms with E-state index in [9.17, 15) is 9.59 Å². The minimum Gasteiger partial charge on any atom is -0.479 e. The number of benzene rings is 1. The second kappa shape index (κ2) is 6.73. The highest BCUT2D eigenvalue weighted by molar-refractivity contribution is 5.82. The van der Waals surface area contributed by atoms with E-state index in [4.69, 9.17) is 15.9 Å². The van der Waals surface area contributed by atoms with Gasteiger partial charge in [0.1, 0.15) is 0 Å². The number of hydrogen-bond donors (Lipinski definition) is 4. The molecule has 0 radical (unpaired) electrons. The lowest BCUT2D eigenvalue weighted by molar-refractivity contribution is -0.146. The molecule has 0 aliphatic rings. The average Bonchev–Trinajstić information content (AvgIpc) is 2.36. The van der Waals surface area contributed by atoms with Crippen molar-refractivity contribution < 1.29 is 19.8 Å². The van der Waals surface area contributed by atoms with E-state index in [1.165, 1.54) is 0 Å². The minimum absolute atomic E-state index is 0.351. The number of nitrogens with one attached hydrogen (secondary N) is 1. The molecule has 1 unspecified atom stereocenters. The Kier molecular flexibility index (Phi) is 5.29. The summed E-state index contributed by atoms with van der Waals surface area (Å²) in [7, 11) is 0. The van der Waals surface area contributed by atoms with Gasteiger partial charge in [0.05, 0.1) is 12.6 Å². The van der Waals surface area contributed by atoms with Crippen molar-refractivity contribution in [1.82, 2.24) is 5.32 Å². The largest absolute Gasteiger partial charge is 0.479 e. The van der Waals surface area contributed by atoms with Gasteiger partial charge < -0.3 is 21.3 Å². The molecule has 0 saturated carbocycles. The van der Waals surface area contributed by atoms with Crippen LogP contribution in [0.4, 0.5) is 0 Å². The molecule has 18 heavy (non-hydrogen) atoms. The van der Waals surface area contributed by atoms with Crippen molar-refractivity contribution in [3.05, 3.63) is 35.9 Å². The molecule has 98 valence electrons. The standard InChI is InChI=1S/C12H16N2O4/c13-9(6-8-4-2-1-3-5-8)11(16)14-7-10(15)12(17)18/h1-5,9-10,15H,6-7,13H2,(H,14,16)(H,17,18)/t9-,10?/m0/s1. The fraction of sp³-hybridized carbons (Fsp3) is 0.333. The van der Waals surface area contributed by atoms with E-state index < -0.39 is 24.0 Å². The summed E-state index contributed by atoms with van der Waals surface area (Å²) in [5, 5.41) is 19.7. The summed E-state index contributed by atoms with van der Waals surface area (Å²) in [4.78, 5) is 21.9. The van der Waals surface area contributed by atoms with Crippen molar-refractivity contribution in [2.24, 2.45) is 5.73 Å². The summed E-state index contributed by atoms with van der Waals surface area (Å²) in [5.41, 5.74) is 6.59. The molecule has 0 aliphatic heterocycles. The smallest absolute Gasteiger partial charge is 0.334 e. The van der Waals surface area contributed by atoms with Crippen LogP contribution < -0.4 is 11.1 Å². The van der Waals surface area contributed by atoms with Crippen LogP contribution in [0.1, 0.15) is 5.56 Å². The van der Waals surface area contributed by atoms with Gasteiger partial charge in [0.25, 0.3) is 0 Å². The molecule has 0 aromatic heterocycles. The van der Waals surface area contributed by atoms with E-state index in [1.807, 2.05) is 30.3 Å². The molecular formula is C12H16N2O4. The zero-order valence-electron chi connectivity index (χ0n) is 9.74. The summed E-state index contributed by atoms with van der Waals surface area (Å²) < 4.78 is 0. The lowest BCUT2D eigenvalue weighted by atomic mass is 10.1. The molecule has 0 bridgehead atoms. The number of rotatable bonds is 6. The summed E-state index contributed by atoms with van der Waals surface area (Å²) in [5.74, 6) is -1.87. The van der Waals surface area contributed by atoms with Gasteiger partial charge in [-0.3, -0.25) is 4.79 Å². The van der Waals surface area contributed by atoms with Gasteiger partial charge in [0, 0.05) is 0 Å². The number of aliphatic hydroxyl groups excluding tert-OH is 1. The second-order valence-electron chi connectivity index (χ2n) is 3.90. The van der Waals surface area contributed by atoms with E-state index >= 15 is 0 Å². The van der Waals surface area contributed by atoms with Gasteiger partial charge in [-0.05, 0) is 12.0 Å². The maximum Gasteiger partial charge on any atom is 0.334 e. The topological polar surface area (TPSA) is 113 Å². The Morgan fingerprint density at radius 2 is 1.89 bits per heavy atom. The predicted octanol–water partition coefficient (Wildman–Crippen LogP) is -0.882. The SMILES string of the molecule is N[C@@H](Cc1ccccc1)C(=O)NCC(O)C(=O)O. The first kappa shape index (κ1) is 14.1. The van der Waals surface area contributed by atoms with E-state index in [0.717, 1.165) is 5.56 Å². The van der Waals surface area contributed by atoms with E-state index in [2.05, 4.69) is 5.32 Å². The maximum absolute atomic E-state index is 11.5. The molecule has 0 aliphatic carbocycles. The number of amides is 1. The monoisotopic (exact) mass is 252 g/mol. The fourth-order valence-electron chi connectivity index (χ4n) is 1.38. The quantitative estimate of drug-likeness (QED) is 0.525. The third-order valence-electron chi connectivity index (χ3n) is 2.39. The van der Waals surface area contributed by atoms with Crippen molar-refractivity contribution in [3.63, 3.8) is 0 Å². The number of aliphatic hydroxyl groups is 1. The number of carbonyl (C=O) groups excluding carboxylic acids is 1. The number of hydrogen-bond acceptors (Lipinski definition) is 4. The predicted molar refractivity (Wildman–Crippen MR) is 64.8 cm³/mol. The van der Waals surface area contributed by atoms with Crippen molar-refractivity contribution in [3.8, 4) is 0 Å². The van der Waals surface area contributed by atoms with Crippen molar-refractivity contribution in [2.75, 3.05) is 6.54 Å². The van der Waals surface area contributed by atoms with E-state index in [-0.39, 0.29) is 6.54 Å². The molecule has 1 aromatic rings. The highest BCUT2D eigenvalue weighted by Crippen LogP contribution is 2.01. The Morgan fingerprint density at radius 3 is 2.44 bits per heavy atom. The average molecular weight is 252 g/mol. The highest BCUT2D eigenvalue weighted by Gasteiger charge is 2.18. The molecule has 1 aromatic carbocycles. The van der Waals surface area contributed by atoms with Crippen LogP contribution >= 0.6 is 0 Å². The third kappa shape index (κ3) is 4.52. The zero-order chi connectivity index (χ0) is 13.5. The lowest BCUT2D eigenvalue weighted by Gasteiger charge is -2.13. The van der Waals surface area contributed by atoms with E-state index in [0.29, 0.717) is 6.42 Å². The Bertz CT molecular complexity index is 408. The van der Waals surface area contributed by atoms with Gasteiger partial charge in [0.15, 0.2) is 6.10 Å². The van der Waals surface area contributed by atoms with Gasteiger partial charge in [-0.15, -0.1) is 0 Å². The van der Waals surface area contributed by atoms with Crippen LogP contribution in [0.15, 0.2) is 30.3 Å². The van der Waals surface area contributed by atoms with Crippen LogP contribution in [0.25, 0.3) is 0 Å². The number of nitrogens with two attached hydrogens (primary N) is 1. The molecule has 0 heterocycles. The first-order valence-electron chi connectivity index (χ1n) is 5.49. The number of aliphatic carboxylic acids is 1. The Balaban J connectivity index is 2.40. The third-order valence-corrected chi connectivity index (χ3v) is 2.39. The molecule has 1 amide bonds. The van der Waals surface area contributed by atoms with Gasteiger partial charge >= 0.3 is 5.97 Å². The van der Waals surface area contributed by atoms with Crippen molar-refractivity contribution in [2.45, 2.75) is 18.6 Å². The Morgan fingerprint density at radius 1 is 1.28 bits per heavy atom. The van der Waals surface area contributed by atoms with Crippen LogP contribution in [-0.2, 0) is 16.0 Å². The maximum atomic E-state index is 11.5. The number of carboxylic acid groups (broad SMARTS) is 1. The summed E-state index contributed by atoms with van der Waals surface area (Å²) in [6, 6.07) is 8.47. The number of carbonyl (C=O) groups is 2. The number of carboxylic acids is 1. The Hall–Kier alpha value is -1.92. The zero-order valence-corrected chi connectivity index (χ0v) is 9.74. The molecule has 6 heteroatoms. The molecule has 0 spiro atoms. The molecule has 0 saturated heterocycles. The molecule has 1 rings (SSSR count). The molecule has 5 N–H and O–H groups in total. The van der Waals surface area contributed by atoms with Crippen LogP contribution in [0.2, 0.25) is 0 Å². The summed E-state index contributed by atoms with van der Waals surface area (Å²) >= 11 is 0. The van der Waals surface area contributed by atoms with Crippen molar-refractivity contribution >= 4 is 11.9 Å². The summed E-state index contributed by atoms with van der Waals surface area (Å²) in [6.07, 6.45) is -1.26. The highest BCUT2D eigenvalue weighted by atomic mass is 16.4. The van der Waals surface area contributed by atoms with Crippen molar-refractivity contribution in [1.29, 1.82) is 0 Å². The first-order valence-corrected chi connectivity index (χ1v) is 5.49. The van der Waals surface area contributed by atoms with Gasteiger partial charge in [0.2, 0.25) is 5.91 Å². The van der Waals surface area contributed by atoms with Gasteiger partial charge in [-0.1, -0.05) is 30.3 Å². The second-order valence-corrected chi connectivity index (χ2v) is 3.90. The molecule has 0 fully saturated rings. The summed E-state index contributed by atoms with van der Waals surface area (Å²) in [6.45, 7) is -0.351. The van der Waals surface area contributed by atoms with Crippen LogP contribution in [0.3, 0.4) is 0 Å². The molecular weight excluding hydrogens is 236 g/mol. The first-order chi connectivity index (χ1) is 8.50.